The number of benzene rings is 2. The summed E-state index contributed by atoms with van der Waals surface area (Å²) in [6.45, 7) is 2.30. The minimum absolute atomic E-state index is 0.0378. The van der Waals surface area contributed by atoms with Gasteiger partial charge in [0.1, 0.15) is 0 Å². The molecule has 3 heterocycles. The monoisotopic (exact) mass is 402 g/mol. The zero-order chi connectivity index (χ0) is 20.7. The molecule has 0 spiro atoms. The first-order chi connectivity index (χ1) is 14.6. The zero-order valence-corrected chi connectivity index (χ0v) is 17.0. The highest BCUT2D eigenvalue weighted by molar-refractivity contribution is 6.15. The van der Waals surface area contributed by atoms with Crippen molar-refractivity contribution in [1.82, 2.24) is 14.8 Å². The van der Waals surface area contributed by atoms with Crippen LogP contribution in [0.25, 0.3) is 21.7 Å². The second-order valence-electron chi connectivity index (χ2n) is 8.37. The lowest BCUT2D eigenvalue weighted by Gasteiger charge is -2.38. The topological polar surface area (TPSA) is 79.5 Å². The molecule has 6 heteroatoms. The van der Waals surface area contributed by atoms with Crippen molar-refractivity contribution in [3.05, 3.63) is 54.2 Å². The Labute approximate surface area is 175 Å². The fraction of sp³-hybridized carbons (Fsp3) is 0.375. The number of aromatic nitrogens is 1. The van der Waals surface area contributed by atoms with Gasteiger partial charge < -0.3 is 10.6 Å². The summed E-state index contributed by atoms with van der Waals surface area (Å²) in [7, 11) is 0. The summed E-state index contributed by atoms with van der Waals surface area (Å²) in [6.07, 6.45) is 5.35. The van der Waals surface area contributed by atoms with E-state index in [1.54, 1.807) is 6.20 Å². The molecular weight excluding hydrogens is 376 g/mol. The minimum atomic E-state index is -0.222. The molecule has 2 fully saturated rings. The van der Waals surface area contributed by atoms with E-state index in [9.17, 15) is 9.59 Å². The molecule has 5 rings (SSSR count). The molecule has 0 aliphatic carbocycles. The highest BCUT2D eigenvalue weighted by Gasteiger charge is 2.36. The molecule has 2 N–H and O–H groups in total. The van der Waals surface area contributed by atoms with E-state index in [0.717, 1.165) is 53.9 Å². The third-order valence-corrected chi connectivity index (χ3v) is 6.69. The molecule has 1 aromatic heterocycles. The Bertz CT molecular complexity index is 1120. The number of hydrogen-bond acceptors (Lipinski definition) is 4. The molecule has 2 aromatic carbocycles. The van der Waals surface area contributed by atoms with Crippen molar-refractivity contribution < 1.29 is 9.59 Å². The molecule has 2 aliphatic heterocycles. The third kappa shape index (κ3) is 3.21. The van der Waals surface area contributed by atoms with Crippen molar-refractivity contribution in [1.29, 1.82) is 0 Å². The molecule has 6 nitrogen and oxygen atoms in total. The van der Waals surface area contributed by atoms with Crippen LogP contribution in [0.3, 0.4) is 0 Å². The van der Waals surface area contributed by atoms with E-state index in [-0.39, 0.29) is 17.9 Å². The molecule has 3 aromatic rings. The van der Waals surface area contributed by atoms with E-state index in [0.29, 0.717) is 24.7 Å². The highest BCUT2D eigenvalue weighted by atomic mass is 16.2. The zero-order valence-electron chi connectivity index (χ0n) is 17.0. The van der Waals surface area contributed by atoms with Crippen LogP contribution in [0.1, 0.15) is 36.0 Å². The number of nitrogens with two attached hydrogens (primary N) is 1. The molecule has 2 amide bonds. The average Bonchev–Trinajstić information content (AvgIpc) is 3.29. The molecule has 2 saturated heterocycles. The first-order valence-electron chi connectivity index (χ1n) is 10.7. The largest absolute Gasteiger partial charge is 0.368 e. The average molecular weight is 402 g/mol. The lowest BCUT2D eigenvalue weighted by atomic mass is 9.98. The van der Waals surface area contributed by atoms with Crippen LogP contribution >= 0.6 is 0 Å². The molecule has 1 atom stereocenters. The first kappa shape index (κ1) is 19.0. The van der Waals surface area contributed by atoms with E-state index >= 15 is 0 Å². The van der Waals surface area contributed by atoms with Crippen LogP contribution in [-0.2, 0) is 4.79 Å². The summed E-state index contributed by atoms with van der Waals surface area (Å²) >= 11 is 0. The van der Waals surface area contributed by atoms with Gasteiger partial charge in [0.2, 0.25) is 5.91 Å². The van der Waals surface area contributed by atoms with E-state index in [4.69, 9.17) is 5.73 Å². The molecule has 1 unspecified atom stereocenters. The van der Waals surface area contributed by atoms with Gasteiger partial charge in [-0.15, -0.1) is 0 Å². The summed E-state index contributed by atoms with van der Waals surface area (Å²) in [5.74, 6) is -0.185. The van der Waals surface area contributed by atoms with Gasteiger partial charge in [-0.3, -0.25) is 19.5 Å². The Hall–Kier alpha value is -2.99. The van der Waals surface area contributed by atoms with Crippen LogP contribution in [0.5, 0.6) is 0 Å². The van der Waals surface area contributed by atoms with Gasteiger partial charge in [0.25, 0.3) is 5.91 Å². The molecule has 2 aliphatic rings. The number of primary amides is 1. The van der Waals surface area contributed by atoms with E-state index in [1.807, 2.05) is 41.3 Å². The van der Waals surface area contributed by atoms with Crippen LogP contribution < -0.4 is 5.73 Å². The van der Waals surface area contributed by atoms with E-state index in [1.165, 1.54) is 0 Å². The number of piperidine rings is 1. The lowest BCUT2D eigenvalue weighted by molar-refractivity contribution is -0.123. The SMILES string of the molecule is NC(=O)C1CCCN1C1CCN(C(=O)c2cc3ccccc3c3cccnc23)CC1. The molecule has 0 saturated carbocycles. The summed E-state index contributed by atoms with van der Waals surface area (Å²) < 4.78 is 0. The van der Waals surface area contributed by atoms with Crippen LogP contribution in [0.2, 0.25) is 0 Å². The Kier molecular flexibility index (Phi) is 4.87. The van der Waals surface area contributed by atoms with E-state index in [2.05, 4.69) is 16.0 Å². The third-order valence-electron chi connectivity index (χ3n) is 6.69. The normalized spacial score (nSPS) is 20.8. The van der Waals surface area contributed by atoms with Crippen LogP contribution in [0.4, 0.5) is 0 Å². The Morgan fingerprint density at radius 1 is 0.967 bits per heavy atom. The predicted octanol–water partition coefficient (Wildman–Crippen LogP) is 2.94. The van der Waals surface area contributed by atoms with E-state index < -0.39 is 0 Å². The smallest absolute Gasteiger partial charge is 0.256 e. The summed E-state index contributed by atoms with van der Waals surface area (Å²) in [6, 6.07) is 14.2. The number of carbonyl (C=O) groups excluding carboxylic acids is 2. The second kappa shape index (κ2) is 7.69. The summed E-state index contributed by atoms with van der Waals surface area (Å²) in [5.41, 5.74) is 7.02. The maximum Gasteiger partial charge on any atom is 0.256 e. The van der Waals surface area contributed by atoms with Crippen LogP contribution in [0, 0.1) is 0 Å². The van der Waals surface area contributed by atoms with Gasteiger partial charge >= 0.3 is 0 Å². The van der Waals surface area contributed by atoms with Crippen molar-refractivity contribution in [2.24, 2.45) is 5.73 Å². The Morgan fingerprint density at radius 3 is 2.53 bits per heavy atom. The Morgan fingerprint density at radius 2 is 1.73 bits per heavy atom. The predicted molar refractivity (Wildman–Crippen MR) is 117 cm³/mol. The van der Waals surface area contributed by atoms with Gasteiger partial charge in [0, 0.05) is 30.7 Å². The number of rotatable bonds is 3. The number of pyridine rings is 1. The number of nitrogens with zero attached hydrogens (tertiary/aromatic N) is 3. The molecule has 154 valence electrons. The van der Waals surface area contributed by atoms with Crippen molar-refractivity contribution in [3.63, 3.8) is 0 Å². The van der Waals surface area contributed by atoms with Gasteiger partial charge in [-0.25, -0.2) is 0 Å². The minimum Gasteiger partial charge on any atom is -0.368 e. The fourth-order valence-electron chi connectivity index (χ4n) is 5.19. The molecule has 0 radical (unpaired) electrons. The quantitative estimate of drug-likeness (QED) is 0.683. The number of fused-ring (bicyclic) bond motifs is 3. The number of hydrogen-bond donors (Lipinski definition) is 1. The van der Waals surface area contributed by atoms with Crippen LogP contribution in [-0.4, -0.2) is 58.3 Å². The maximum atomic E-state index is 13.5. The molecule has 30 heavy (non-hydrogen) atoms. The highest BCUT2D eigenvalue weighted by Crippen LogP contribution is 2.30. The standard InChI is InChI=1S/C24H26N4O2/c25-23(29)21-8-4-12-28(21)17-9-13-27(14-10-17)24(30)20-15-16-5-1-2-6-18(16)19-7-3-11-26-22(19)20/h1-3,5-7,11,15,17,21H,4,8-10,12-14H2,(H2,25,29). The van der Waals surface area contributed by atoms with Gasteiger partial charge in [0.15, 0.2) is 0 Å². The maximum absolute atomic E-state index is 13.5. The van der Waals surface area contributed by atoms with Gasteiger partial charge in [-0.05, 0) is 55.1 Å². The lowest BCUT2D eigenvalue weighted by Crippen LogP contribution is -2.51. The fourth-order valence-corrected chi connectivity index (χ4v) is 5.19. The number of likely N-dealkylation sites (tertiary alicyclic amines) is 2. The molecular formula is C24H26N4O2. The van der Waals surface area contributed by atoms with Crippen molar-refractivity contribution in [3.8, 4) is 0 Å². The second-order valence-corrected chi connectivity index (χ2v) is 8.37. The Balaban J connectivity index is 1.39. The van der Waals surface area contributed by atoms with Crippen molar-refractivity contribution in [2.75, 3.05) is 19.6 Å². The van der Waals surface area contributed by atoms with Crippen LogP contribution in [0.15, 0.2) is 48.7 Å². The molecule has 0 bridgehead atoms. The van der Waals surface area contributed by atoms with Crippen molar-refractivity contribution >= 4 is 33.5 Å². The van der Waals surface area contributed by atoms with Gasteiger partial charge in [-0.1, -0.05) is 30.3 Å². The van der Waals surface area contributed by atoms with Crippen molar-refractivity contribution in [2.45, 2.75) is 37.8 Å². The summed E-state index contributed by atoms with van der Waals surface area (Å²) in [5, 5.41) is 3.18. The van der Waals surface area contributed by atoms with Gasteiger partial charge in [-0.2, -0.15) is 0 Å². The first-order valence-corrected chi connectivity index (χ1v) is 10.7. The number of carbonyl (C=O) groups is 2. The number of amides is 2. The summed E-state index contributed by atoms with van der Waals surface area (Å²) in [4.78, 5) is 34.0. The van der Waals surface area contributed by atoms with Gasteiger partial charge in [0.05, 0.1) is 17.1 Å².